The summed E-state index contributed by atoms with van der Waals surface area (Å²) in [7, 11) is 1.83. The molecule has 0 amide bonds. The second-order valence-electron chi connectivity index (χ2n) is 6.82. The van der Waals surface area contributed by atoms with Crippen molar-refractivity contribution in [2.24, 2.45) is 4.99 Å². The standard InChI is InChI=1S/C19H29N7/c1-16-5-7-18(8-6-16)26-12-9-17(13-26)24-19(20-2)21-10-3-4-11-25-14-22-23-15-25/h5-8,14-15,17H,3-4,9-13H2,1-2H3,(H2,20,21,24). The van der Waals surface area contributed by atoms with Crippen LogP contribution in [-0.4, -0.2) is 53.4 Å². The monoisotopic (exact) mass is 355 g/mol. The van der Waals surface area contributed by atoms with Crippen LogP contribution in [0.5, 0.6) is 0 Å². The van der Waals surface area contributed by atoms with Crippen molar-refractivity contribution < 1.29 is 0 Å². The Morgan fingerprint density at radius 1 is 1.19 bits per heavy atom. The van der Waals surface area contributed by atoms with Crippen molar-refractivity contribution >= 4 is 11.6 Å². The van der Waals surface area contributed by atoms with Crippen molar-refractivity contribution in [3.63, 3.8) is 0 Å². The third-order valence-electron chi connectivity index (χ3n) is 4.75. The van der Waals surface area contributed by atoms with E-state index in [2.05, 4.69) is 61.9 Å². The van der Waals surface area contributed by atoms with E-state index in [9.17, 15) is 0 Å². The third-order valence-corrected chi connectivity index (χ3v) is 4.75. The zero-order valence-electron chi connectivity index (χ0n) is 15.7. The zero-order valence-corrected chi connectivity index (χ0v) is 15.7. The van der Waals surface area contributed by atoms with E-state index in [-0.39, 0.29) is 0 Å². The Bertz CT molecular complexity index is 678. The molecule has 1 saturated heterocycles. The lowest BCUT2D eigenvalue weighted by Crippen LogP contribution is -2.44. The van der Waals surface area contributed by atoms with Crippen molar-refractivity contribution in [2.45, 2.75) is 38.8 Å². The molecular weight excluding hydrogens is 326 g/mol. The third kappa shape index (κ3) is 5.21. The molecular formula is C19H29N7. The number of aromatic nitrogens is 3. The van der Waals surface area contributed by atoms with Crippen LogP contribution in [0.1, 0.15) is 24.8 Å². The minimum absolute atomic E-state index is 0.430. The number of nitrogens with zero attached hydrogens (tertiary/aromatic N) is 5. The van der Waals surface area contributed by atoms with Crippen molar-refractivity contribution in [3.8, 4) is 0 Å². The highest BCUT2D eigenvalue weighted by Gasteiger charge is 2.23. The maximum absolute atomic E-state index is 4.36. The highest BCUT2D eigenvalue weighted by Crippen LogP contribution is 2.20. The van der Waals surface area contributed by atoms with Gasteiger partial charge in [0.15, 0.2) is 5.96 Å². The van der Waals surface area contributed by atoms with Crippen LogP contribution in [0.15, 0.2) is 41.9 Å². The van der Waals surface area contributed by atoms with Crippen molar-refractivity contribution in [2.75, 3.05) is 31.6 Å². The maximum Gasteiger partial charge on any atom is 0.191 e. The molecule has 0 bridgehead atoms. The van der Waals surface area contributed by atoms with E-state index in [0.717, 1.165) is 51.4 Å². The number of aryl methyl sites for hydroxylation is 2. The molecule has 0 saturated carbocycles. The van der Waals surface area contributed by atoms with Crippen LogP contribution < -0.4 is 15.5 Å². The summed E-state index contributed by atoms with van der Waals surface area (Å²) >= 11 is 0. The summed E-state index contributed by atoms with van der Waals surface area (Å²) in [4.78, 5) is 6.79. The van der Waals surface area contributed by atoms with Crippen molar-refractivity contribution in [3.05, 3.63) is 42.5 Å². The Morgan fingerprint density at radius 3 is 2.69 bits per heavy atom. The van der Waals surface area contributed by atoms with Crippen LogP contribution in [0.2, 0.25) is 0 Å². The number of anilines is 1. The van der Waals surface area contributed by atoms with Gasteiger partial charge in [0.25, 0.3) is 0 Å². The molecule has 1 atom stereocenters. The first-order valence-corrected chi connectivity index (χ1v) is 9.36. The highest BCUT2D eigenvalue weighted by atomic mass is 15.2. The molecule has 140 valence electrons. The molecule has 1 fully saturated rings. The summed E-state index contributed by atoms with van der Waals surface area (Å²) in [5.41, 5.74) is 2.60. The molecule has 1 aromatic carbocycles. The van der Waals surface area contributed by atoms with Gasteiger partial charge in [0.05, 0.1) is 0 Å². The summed E-state index contributed by atoms with van der Waals surface area (Å²) < 4.78 is 2.01. The molecule has 0 spiro atoms. The number of nitrogens with one attached hydrogen (secondary N) is 2. The summed E-state index contributed by atoms with van der Waals surface area (Å²) in [5, 5.41) is 14.6. The van der Waals surface area contributed by atoms with Crippen LogP contribution >= 0.6 is 0 Å². The number of benzene rings is 1. The molecule has 7 nitrogen and oxygen atoms in total. The van der Waals surface area contributed by atoms with Gasteiger partial charge < -0.3 is 20.1 Å². The lowest BCUT2D eigenvalue weighted by molar-refractivity contribution is 0.590. The van der Waals surface area contributed by atoms with Crippen LogP contribution in [-0.2, 0) is 6.54 Å². The first kappa shape index (κ1) is 18.2. The van der Waals surface area contributed by atoms with Gasteiger partial charge in [-0.3, -0.25) is 4.99 Å². The number of aliphatic imine (C=N–C) groups is 1. The quantitative estimate of drug-likeness (QED) is 0.450. The average Bonchev–Trinajstić information content (AvgIpc) is 3.33. The molecule has 1 aromatic heterocycles. The maximum atomic E-state index is 4.36. The fourth-order valence-electron chi connectivity index (χ4n) is 3.22. The van der Waals surface area contributed by atoms with Gasteiger partial charge in [-0.2, -0.15) is 0 Å². The molecule has 1 aliphatic rings. The van der Waals surface area contributed by atoms with Gasteiger partial charge in [0.2, 0.25) is 0 Å². The van der Waals surface area contributed by atoms with Gasteiger partial charge in [0.1, 0.15) is 12.7 Å². The molecule has 2 heterocycles. The number of hydrogen-bond acceptors (Lipinski definition) is 4. The Kier molecular flexibility index (Phi) is 6.46. The first-order chi connectivity index (χ1) is 12.7. The Hall–Kier alpha value is -2.57. The van der Waals surface area contributed by atoms with Crippen LogP contribution in [0.3, 0.4) is 0 Å². The topological polar surface area (TPSA) is 70.4 Å². The first-order valence-electron chi connectivity index (χ1n) is 9.36. The number of rotatable bonds is 7. The Balaban J connectivity index is 1.36. The molecule has 2 N–H and O–H groups in total. The van der Waals surface area contributed by atoms with Crippen LogP contribution in [0.4, 0.5) is 5.69 Å². The molecule has 0 aliphatic carbocycles. The normalized spacial score (nSPS) is 17.5. The van der Waals surface area contributed by atoms with E-state index in [4.69, 9.17) is 0 Å². The van der Waals surface area contributed by atoms with Gasteiger partial charge in [-0.25, -0.2) is 0 Å². The van der Waals surface area contributed by atoms with Gasteiger partial charge in [0, 0.05) is 45.0 Å². The predicted molar refractivity (Wildman–Crippen MR) is 106 cm³/mol. The molecule has 2 aromatic rings. The van der Waals surface area contributed by atoms with E-state index in [1.54, 1.807) is 12.7 Å². The Labute approximate surface area is 155 Å². The summed E-state index contributed by atoms with van der Waals surface area (Å²) in [5.74, 6) is 0.894. The van der Waals surface area contributed by atoms with Crippen molar-refractivity contribution in [1.29, 1.82) is 0 Å². The molecule has 26 heavy (non-hydrogen) atoms. The van der Waals surface area contributed by atoms with Gasteiger partial charge >= 0.3 is 0 Å². The molecule has 1 unspecified atom stereocenters. The molecule has 1 aliphatic heterocycles. The molecule has 7 heteroatoms. The number of hydrogen-bond donors (Lipinski definition) is 2. The SMILES string of the molecule is CN=C(NCCCCn1cnnc1)NC1CCN(c2ccc(C)cc2)C1. The lowest BCUT2D eigenvalue weighted by Gasteiger charge is -2.20. The minimum Gasteiger partial charge on any atom is -0.369 e. The Morgan fingerprint density at radius 2 is 1.96 bits per heavy atom. The van der Waals surface area contributed by atoms with Crippen molar-refractivity contribution in [1.82, 2.24) is 25.4 Å². The number of unbranched alkanes of at least 4 members (excludes halogenated alkanes) is 1. The summed E-state index contributed by atoms with van der Waals surface area (Å²) in [6.45, 7) is 6.08. The summed E-state index contributed by atoms with van der Waals surface area (Å²) in [6.07, 6.45) is 6.82. The van der Waals surface area contributed by atoms with Gasteiger partial charge in [-0.15, -0.1) is 10.2 Å². The molecule has 0 radical (unpaired) electrons. The summed E-state index contributed by atoms with van der Waals surface area (Å²) in [6, 6.07) is 9.20. The van der Waals surface area contributed by atoms with Crippen LogP contribution in [0.25, 0.3) is 0 Å². The highest BCUT2D eigenvalue weighted by molar-refractivity contribution is 5.80. The predicted octanol–water partition coefficient (Wildman–Crippen LogP) is 1.81. The van der Waals surface area contributed by atoms with E-state index in [1.165, 1.54) is 11.3 Å². The fourth-order valence-corrected chi connectivity index (χ4v) is 3.22. The number of guanidine groups is 1. The van der Waals surface area contributed by atoms with E-state index >= 15 is 0 Å². The zero-order chi connectivity index (χ0) is 18.2. The van der Waals surface area contributed by atoms with E-state index in [1.807, 2.05) is 11.6 Å². The van der Waals surface area contributed by atoms with Gasteiger partial charge in [-0.05, 0) is 38.3 Å². The fraction of sp³-hybridized carbons (Fsp3) is 0.526. The molecule has 3 rings (SSSR count). The largest absolute Gasteiger partial charge is 0.369 e. The minimum atomic E-state index is 0.430. The van der Waals surface area contributed by atoms with E-state index in [0.29, 0.717) is 6.04 Å². The van der Waals surface area contributed by atoms with Gasteiger partial charge in [-0.1, -0.05) is 17.7 Å². The lowest BCUT2D eigenvalue weighted by atomic mass is 10.2. The smallest absolute Gasteiger partial charge is 0.191 e. The van der Waals surface area contributed by atoms with E-state index < -0.39 is 0 Å². The second-order valence-corrected chi connectivity index (χ2v) is 6.82. The average molecular weight is 355 g/mol. The second kappa shape index (κ2) is 9.22. The van der Waals surface area contributed by atoms with Crippen LogP contribution in [0, 0.1) is 6.92 Å².